The lowest BCUT2D eigenvalue weighted by atomic mass is 10.1. The van der Waals surface area contributed by atoms with Crippen LogP contribution in [0, 0.1) is 0 Å². The molecule has 1 saturated heterocycles. The van der Waals surface area contributed by atoms with Gasteiger partial charge in [0.25, 0.3) is 5.91 Å². The highest BCUT2D eigenvalue weighted by molar-refractivity contribution is 5.97. The van der Waals surface area contributed by atoms with Crippen LogP contribution < -0.4 is 10.1 Å². The number of carbonyl (C=O) groups is 1. The Morgan fingerprint density at radius 2 is 2.31 bits per heavy atom. The third-order valence-corrected chi connectivity index (χ3v) is 2.42. The second kappa shape index (κ2) is 4.40. The van der Waals surface area contributed by atoms with Crippen molar-refractivity contribution in [3.63, 3.8) is 0 Å². The quantitative estimate of drug-likeness (QED) is 0.784. The maximum Gasteiger partial charge on any atom is 0.255 e. The van der Waals surface area contributed by atoms with Gasteiger partial charge in [0.1, 0.15) is 11.5 Å². The van der Waals surface area contributed by atoms with Crippen molar-refractivity contribution in [2.24, 2.45) is 0 Å². The van der Waals surface area contributed by atoms with Gasteiger partial charge in [-0.15, -0.1) is 0 Å². The third-order valence-electron chi connectivity index (χ3n) is 2.42. The van der Waals surface area contributed by atoms with Gasteiger partial charge < -0.3 is 19.9 Å². The molecule has 0 atom stereocenters. The van der Waals surface area contributed by atoms with Gasteiger partial charge in [-0.3, -0.25) is 4.79 Å². The fourth-order valence-corrected chi connectivity index (χ4v) is 1.41. The largest absolute Gasteiger partial charge is 0.507 e. The van der Waals surface area contributed by atoms with Crippen molar-refractivity contribution in [3.8, 4) is 11.5 Å². The zero-order chi connectivity index (χ0) is 11.5. The highest BCUT2D eigenvalue weighted by Gasteiger charge is 2.22. The molecule has 1 heterocycles. The Balaban J connectivity index is 2.13. The van der Waals surface area contributed by atoms with E-state index in [4.69, 9.17) is 9.47 Å². The van der Waals surface area contributed by atoms with Crippen molar-refractivity contribution >= 4 is 5.91 Å². The minimum atomic E-state index is -0.315. The Hall–Kier alpha value is -1.75. The molecule has 0 spiro atoms. The number of amides is 1. The summed E-state index contributed by atoms with van der Waals surface area (Å²) in [5.74, 6) is 0.163. The van der Waals surface area contributed by atoms with Gasteiger partial charge in [0, 0.05) is 0 Å². The number of hydrogen-bond acceptors (Lipinski definition) is 4. The van der Waals surface area contributed by atoms with E-state index >= 15 is 0 Å². The summed E-state index contributed by atoms with van der Waals surface area (Å²) in [4.78, 5) is 11.8. The molecule has 2 rings (SSSR count). The van der Waals surface area contributed by atoms with Crippen LogP contribution in [-0.2, 0) is 4.74 Å². The minimum absolute atomic E-state index is 0.0399. The van der Waals surface area contributed by atoms with Gasteiger partial charge in [0.2, 0.25) is 0 Å². The van der Waals surface area contributed by atoms with E-state index in [0.717, 1.165) is 0 Å². The van der Waals surface area contributed by atoms with Crippen LogP contribution >= 0.6 is 0 Å². The molecule has 0 radical (unpaired) electrons. The molecule has 1 fully saturated rings. The summed E-state index contributed by atoms with van der Waals surface area (Å²) >= 11 is 0. The number of benzene rings is 1. The molecule has 1 aliphatic rings. The van der Waals surface area contributed by atoms with Gasteiger partial charge in [-0.25, -0.2) is 0 Å². The summed E-state index contributed by atoms with van der Waals surface area (Å²) in [5, 5.41) is 12.3. The molecular formula is C11H13NO4. The molecule has 1 aromatic carbocycles. The molecule has 1 amide bonds. The summed E-state index contributed by atoms with van der Waals surface area (Å²) in [7, 11) is 1.51. The molecule has 0 aliphatic carbocycles. The number of methoxy groups -OCH3 is 1. The van der Waals surface area contributed by atoms with Gasteiger partial charge in [-0.2, -0.15) is 0 Å². The van der Waals surface area contributed by atoms with Crippen molar-refractivity contribution in [3.05, 3.63) is 23.8 Å². The zero-order valence-electron chi connectivity index (χ0n) is 8.90. The maximum atomic E-state index is 11.8. The van der Waals surface area contributed by atoms with E-state index in [1.807, 2.05) is 0 Å². The smallest absolute Gasteiger partial charge is 0.255 e. The summed E-state index contributed by atoms with van der Waals surface area (Å²) < 4.78 is 9.93. The second-order valence-corrected chi connectivity index (χ2v) is 3.59. The first-order chi connectivity index (χ1) is 7.70. The van der Waals surface area contributed by atoms with Crippen LogP contribution in [0.2, 0.25) is 0 Å². The van der Waals surface area contributed by atoms with E-state index in [-0.39, 0.29) is 23.3 Å². The normalized spacial score (nSPS) is 15.3. The number of aromatic hydroxyl groups is 1. The van der Waals surface area contributed by atoms with Gasteiger partial charge in [0.05, 0.1) is 31.9 Å². The monoisotopic (exact) mass is 223 g/mol. The maximum absolute atomic E-state index is 11.8. The number of ether oxygens (including phenoxy) is 2. The molecule has 5 heteroatoms. The van der Waals surface area contributed by atoms with Crippen molar-refractivity contribution in [1.82, 2.24) is 5.32 Å². The second-order valence-electron chi connectivity index (χ2n) is 3.59. The van der Waals surface area contributed by atoms with Gasteiger partial charge in [-0.05, 0) is 18.2 Å². The van der Waals surface area contributed by atoms with E-state index in [1.54, 1.807) is 6.07 Å². The van der Waals surface area contributed by atoms with Crippen LogP contribution in [0.1, 0.15) is 10.4 Å². The zero-order valence-corrected chi connectivity index (χ0v) is 8.90. The average Bonchev–Trinajstić information content (AvgIpc) is 2.24. The van der Waals surface area contributed by atoms with Gasteiger partial charge in [-0.1, -0.05) is 0 Å². The Kier molecular flexibility index (Phi) is 2.96. The molecule has 0 saturated carbocycles. The van der Waals surface area contributed by atoms with Crippen LogP contribution in [0.4, 0.5) is 0 Å². The molecule has 0 bridgehead atoms. The fourth-order valence-electron chi connectivity index (χ4n) is 1.41. The predicted molar refractivity (Wildman–Crippen MR) is 56.7 cm³/mol. The van der Waals surface area contributed by atoms with Crippen LogP contribution in [0.3, 0.4) is 0 Å². The number of hydrogen-bond donors (Lipinski definition) is 2. The Morgan fingerprint density at radius 1 is 1.56 bits per heavy atom. The minimum Gasteiger partial charge on any atom is -0.507 e. The first kappa shape index (κ1) is 10.8. The highest BCUT2D eigenvalue weighted by atomic mass is 16.5. The molecular weight excluding hydrogens is 210 g/mol. The summed E-state index contributed by atoms with van der Waals surface area (Å²) in [6.07, 6.45) is 0. The lowest BCUT2D eigenvalue weighted by Crippen LogP contribution is -2.48. The topological polar surface area (TPSA) is 67.8 Å². The third kappa shape index (κ3) is 2.09. The summed E-state index contributed by atoms with van der Waals surface area (Å²) in [6, 6.07) is 4.58. The molecule has 86 valence electrons. The molecule has 1 aromatic rings. The molecule has 0 unspecified atom stereocenters. The fraction of sp³-hybridized carbons (Fsp3) is 0.364. The molecule has 5 nitrogen and oxygen atoms in total. The standard InChI is InChI=1S/C11H13NO4/c1-15-8-2-3-10(13)9(4-8)11(14)12-7-5-16-6-7/h2-4,7,13H,5-6H2,1H3,(H,12,14). The first-order valence-corrected chi connectivity index (χ1v) is 4.96. The van der Waals surface area contributed by atoms with E-state index in [2.05, 4.69) is 5.32 Å². The van der Waals surface area contributed by atoms with E-state index < -0.39 is 0 Å². The molecule has 2 N–H and O–H groups in total. The van der Waals surface area contributed by atoms with Crippen molar-refractivity contribution < 1.29 is 19.4 Å². The van der Waals surface area contributed by atoms with Crippen LogP contribution in [0.5, 0.6) is 11.5 Å². The highest BCUT2D eigenvalue weighted by Crippen LogP contribution is 2.22. The number of rotatable bonds is 3. The Bertz CT molecular complexity index is 401. The van der Waals surface area contributed by atoms with E-state index in [1.165, 1.54) is 19.2 Å². The van der Waals surface area contributed by atoms with Crippen LogP contribution in [0.25, 0.3) is 0 Å². The van der Waals surface area contributed by atoms with Gasteiger partial charge >= 0.3 is 0 Å². The number of carbonyl (C=O) groups excluding carboxylic acids is 1. The number of phenols is 1. The predicted octanol–water partition coefficient (Wildman–Crippen LogP) is 0.529. The first-order valence-electron chi connectivity index (χ1n) is 4.96. The lowest BCUT2D eigenvalue weighted by Gasteiger charge is -2.26. The van der Waals surface area contributed by atoms with Crippen molar-refractivity contribution in [1.29, 1.82) is 0 Å². The molecule has 1 aliphatic heterocycles. The van der Waals surface area contributed by atoms with E-state index in [9.17, 15) is 9.90 Å². The van der Waals surface area contributed by atoms with Crippen LogP contribution in [0.15, 0.2) is 18.2 Å². The molecule has 16 heavy (non-hydrogen) atoms. The van der Waals surface area contributed by atoms with Crippen LogP contribution in [-0.4, -0.2) is 37.4 Å². The summed E-state index contributed by atoms with van der Waals surface area (Å²) in [5.41, 5.74) is 0.214. The number of phenolic OH excluding ortho intramolecular Hbond substituents is 1. The van der Waals surface area contributed by atoms with Gasteiger partial charge in [0.15, 0.2) is 0 Å². The van der Waals surface area contributed by atoms with E-state index in [0.29, 0.717) is 19.0 Å². The van der Waals surface area contributed by atoms with Crippen molar-refractivity contribution in [2.75, 3.05) is 20.3 Å². The molecule has 0 aromatic heterocycles. The average molecular weight is 223 g/mol. The van der Waals surface area contributed by atoms with Crippen molar-refractivity contribution in [2.45, 2.75) is 6.04 Å². The lowest BCUT2D eigenvalue weighted by molar-refractivity contribution is -0.00350. The number of nitrogens with one attached hydrogen (secondary N) is 1. The summed E-state index contributed by atoms with van der Waals surface area (Å²) in [6.45, 7) is 1.05. The Morgan fingerprint density at radius 3 is 2.88 bits per heavy atom. The SMILES string of the molecule is COc1ccc(O)c(C(=O)NC2COC2)c1. The Labute approximate surface area is 93.0 Å².